The number of hydrogen-bond donors (Lipinski definition) is 4. The average molecular weight is 457 g/mol. The summed E-state index contributed by atoms with van der Waals surface area (Å²) >= 11 is 0. The Morgan fingerprint density at radius 1 is 1.12 bits per heavy atom. The van der Waals surface area contributed by atoms with Crippen LogP contribution in [0.2, 0.25) is 0 Å². The molecule has 3 rings (SSSR count). The van der Waals surface area contributed by atoms with Crippen LogP contribution >= 0.6 is 0 Å². The number of nitrogens with one attached hydrogen (secondary N) is 2. The van der Waals surface area contributed by atoms with Crippen LogP contribution in [0.1, 0.15) is 29.2 Å². The minimum atomic E-state index is -4.50. The highest BCUT2D eigenvalue weighted by Gasteiger charge is 2.31. The molecule has 0 bridgehead atoms. The molecular formula is C23H22F3N5O2. The van der Waals surface area contributed by atoms with Gasteiger partial charge >= 0.3 is 6.18 Å². The van der Waals surface area contributed by atoms with Gasteiger partial charge in [-0.2, -0.15) is 13.2 Å². The second kappa shape index (κ2) is 9.60. The third kappa shape index (κ3) is 5.40. The summed E-state index contributed by atoms with van der Waals surface area (Å²) in [6, 6.07) is 10.8. The van der Waals surface area contributed by atoms with Crippen molar-refractivity contribution in [2.24, 2.45) is 16.5 Å². The molecule has 1 heterocycles. The van der Waals surface area contributed by atoms with Gasteiger partial charge in [-0.15, -0.1) is 0 Å². The number of amidine groups is 1. The second-order valence-corrected chi connectivity index (χ2v) is 7.22. The number of nitrogens with zero attached hydrogens (tertiary/aromatic N) is 1. The van der Waals surface area contributed by atoms with Gasteiger partial charge in [0.25, 0.3) is 5.91 Å². The number of anilines is 1. The zero-order chi connectivity index (χ0) is 24.2. The quantitative estimate of drug-likeness (QED) is 0.498. The maximum absolute atomic E-state index is 12.9. The van der Waals surface area contributed by atoms with Crippen LogP contribution in [0.5, 0.6) is 0 Å². The highest BCUT2D eigenvalue weighted by Crippen LogP contribution is 2.31. The summed E-state index contributed by atoms with van der Waals surface area (Å²) in [5.41, 5.74) is 12.1. The topological polar surface area (TPSA) is 123 Å². The zero-order valence-electron chi connectivity index (χ0n) is 17.4. The number of aliphatic imine (C=N–C) groups is 1. The lowest BCUT2D eigenvalue weighted by atomic mass is 9.97. The van der Waals surface area contributed by atoms with Crippen molar-refractivity contribution in [1.29, 1.82) is 0 Å². The molecule has 1 unspecified atom stereocenters. The minimum absolute atomic E-state index is 0.101. The van der Waals surface area contributed by atoms with Crippen molar-refractivity contribution in [2.75, 3.05) is 11.9 Å². The Morgan fingerprint density at radius 2 is 1.79 bits per heavy atom. The molecule has 1 aliphatic rings. The van der Waals surface area contributed by atoms with Crippen molar-refractivity contribution in [3.8, 4) is 0 Å². The maximum atomic E-state index is 12.9. The van der Waals surface area contributed by atoms with Crippen LogP contribution in [-0.4, -0.2) is 24.2 Å². The Morgan fingerprint density at radius 3 is 2.39 bits per heavy atom. The number of rotatable bonds is 6. The van der Waals surface area contributed by atoms with E-state index in [1.54, 1.807) is 18.2 Å². The van der Waals surface area contributed by atoms with Crippen molar-refractivity contribution >= 4 is 29.0 Å². The van der Waals surface area contributed by atoms with Crippen molar-refractivity contribution in [3.05, 3.63) is 83.4 Å². The van der Waals surface area contributed by atoms with E-state index in [0.29, 0.717) is 18.7 Å². The second-order valence-electron chi connectivity index (χ2n) is 7.22. The Hall–Kier alpha value is -4.08. The standard InChI is InChI=1S/C23H22F3N5O2/c1-2-18(32)30-16-6-4-3-5-15(16)17-11-12-29-22(31-17)19(21(28)33)20(27)13-7-9-14(10-8-13)23(24,25)26/h2-10,17H,1,11-12,27H2,(H2,28,33)(H,29,31)(H,30,32). The summed E-state index contributed by atoms with van der Waals surface area (Å²) in [6.45, 7) is 3.77. The molecule has 33 heavy (non-hydrogen) atoms. The molecule has 0 saturated carbocycles. The molecule has 172 valence electrons. The van der Waals surface area contributed by atoms with Gasteiger partial charge in [0.15, 0.2) is 0 Å². The highest BCUT2D eigenvalue weighted by atomic mass is 19.4. The van der Waals surface area contributed by atoms with Crippen LogP contribution in [0.15, 0.2) is 71.8 Å². The van der Waals surface area contributed by atoms with E-state index in [1.165, 1.54) is 12.1 Å². The normalized spacial score (nSPS) is 16.7. The Balaban J connectivity index is 1.94. The molecule has 2 amide bonds. The molecule has 0 saturated heterocycles. The molecule has 7 nitrogen and oxygen atoms in total. The predicted molar refractivity (Wildman–Crippen MR) is 120 cm³/mol. The molecule has 1 aliphatic heterocycles. The fourth-order valence-corrected chi connectivity index (χ4v) is 3.43. The molecule has 0 radical (unpaired) electrons. The van der Waals surface area contributed by atoms with E-state index in [4.69, 9.17) is 11.5 Å². The number of carbonyl (C=O) groups is 2. The number of hydrogen-bond acceptors (Lipinski definition) is 5. The first-order chi connectivity index (χ1) is 15.6. The first-order valence-corrected chi connectivity index (χ1v) is 9.92. The van der Waals surface area contributed by atoms with Crippen molar-refractivity contribution in [1.82, 2.24) is 5.32 Å². The summed E-state index contributed by atoms with van der Waals surface area (Å²) in [7, 11) is 0. The molecule has 6 N–H and O–H groups in total. The van der Waals surface area contributed by atoms with E-state index in [2.05, 4.69) is 22.2 Å². The third-order valence-corrected chi connectivity index (χ3v) is 5.05. The smallest absolute Gasteiger partial charge is 0.397 e. The maximum Gasteiger partial charge on any atom is 0.416 e. The van der Waals surface area contributed by atoms with Crippen LogP contribution in [0.3, 0.4) is 0 Å². The molecule has 0 aliphatic carbocycles. The Labute approximate surface area is 188 Å². The van der Waals surface area contributed by atoms with E-state index in [0.717, 1.165) is 23.8 Å². The van der Waals surface area contributed by atoms with Crippen molar-refractivity contribution in [2.45, 2.75) is 18.6 Å². The average Bonchev–Trinajstić information content (AvgIpc) is 2.79. The van der Waals surface area contributed by atoms with Gasteiger partial charge in [-0.3, -0.25) is 14.6 Å². The summed E-state index contributed by atoms with van der Waals surface area (Å²) in [4.78, 5) is 28.4. The summed E-state index contributed by atoms with van der Waals surface area (Å²) in [6.07, 6.45) is -2.80. The van der Waals surface area contributed by atoms with Crippen LogP contribution in [0, 0.1) is 0 Å². The fourth-order valence-electron chi connectivity index (χ4n) is 3.43. The number of benzene rings is 2. The molecular weight excluding hydrogens is 435 g/mol. The van der Waals surface area contributed by atoms with Gasteiger partial charge in [0.1, 0.15) is 11.4 Å². The lowest BCUT2D eigenvalue weighted by molar-refractivity contribution is -0.137. The Kier molecular flexibility index (Phi) is 6.86. The molecule has 0 fully saturated rings. The lowest BCUT2D eigenvalue weighted by Gasteiger charge is -2.28. The van der Waals surface area contributed by atoms with Gasteiger partial charge in [0.05, 0.1) is 17.3 Å². The SMILES string of the molecule is C=CC(=O)Nc1ccccc1C1CCN=C(C(C(N)=O)=C(N)c2ccc(C(F)(F)F)cc2)N1. The summed E-state index contributed by atoms with van der Waals surface area (Å²) in [5.74, 6) is -1.13. The van der Waals surface area contributed by atoms with Crippen molar-refractivity contribution in [3.63, 3.8) is 0 Å². The number of carbonyl (C=O) groups excluding carboxylic acids is 2. The lowest BCUT2D eigenvalue weighted by Crippen LogP contribution is -2.39. The number of alkyl halides is 3. The highest BCUT2D eigenvalue weighted by molar-refractivity contribution is 6.25. The van der Waals surface area contributed by atoms with E-state index in [9.17, 15) is 22.8 Å². The molecule has 10 heteroatoms. The number of amides is 2. The number of halogens is 3. The van der Waals surface area contributed by atoms with Crippen LogP contribution < -0.4 is 22.1 Å². The molecule has 1 atom stereocenters. The van der Waals surface area contributed by atoms with Crippen LogP contribution in [0.4, 0.5) is 18.9 Å². The predicted octanol–water partition coefficient (Wildman–Crippen LogP) is 3.12. The monoisotopic (exact) mass is 457 g/mol. The van der Waals surface area contributed by atoms with Crippen LogP contribution in [0.25, 0.3) is 5.70 Å². The van der Waals surface area contributed by atoms with Gasteiger partial charge in [0, 0.05) is 12.2 Å². The first kappa shape index (κ1) is 23.6. The van der Waals surface area contributed by atoms with Gasteiger partial charge in [-0.05, 0) is 41.8 Å². The van der Waals surface area contributed by atoms with Crippen molar-refractivity contribution < 1.29 is 22.8 Å². The molecule has 0 aromatic heterocycles. The van der Waals surface area contributed by atoms with E-state index >= 15 is 0 Å². The van der Waals surface area contributed by atoms with Gasteiger partial charge in [0.2, 0.25) is 5.91 Å². The van der Waals surface area contributed by atoms with E-state index in [-0.39, 0.29) is 34.6 Å². The number of para-hydroxylation sites is 1. The molecule has 2 aromatic rings. The summed E-state index contributed by atoms with van der Waals surface area (Å²) in [5, 5.41) is 5.86. The minimum Gasteiger partial charge on any atom is -0.397 e. The van der Waals surface area contributed by atoms with E-state index < -0.39 is 17.6 Å². The molecule has 2 aromatic carbocycles. The largest absolute Gasteiger partial charge is 0.416 e. The first-order valence-electron chi connectivity index (χ1n) is 9.92. The zero-order valence-corrected chi connectivity index (χ0v) is 17.4. The number of primary amides is 1. The van der Waals surface area contributed by atoms with Crippen LogP contribution in [-0.2, 0) is 15.8 Å². The number of nitrogens with two attached hydrogens (primary N) is 2. The van der Waals surface area contributed by atoms with Gasteiger partial charge in [-0.1, -0.05) is 36.9 Å². The van der Waals surface area contributed by atoms with E-state index in [1.807, 2.05) is 6.07 Å². The third-order valence-electron chi connectivity index (χ3n) is 5.05. The van der Waals surface area contributed by atoms with Gasteiger partial charge < -0.3 is 22.1 Å². The summed E-state index contributed by atoms with van der Waals surface area (Å²) < 4.78 is 38.6. The Bertz CT molecular complexity index is 1140. The van der Waals surface area contributed by atoms with Gasteiger partial charge in [-0.25, -0.2) is 0 Å². The molecule has 0 spiro atoms. The fraction of sp³-hybridized carbons (Fsp3) is 0.174.